The van der Waals surface area contributed by atoms with Crippen LogP contribution in [0.15, 0.2) is 18.2 Å². The number of hydrogen-bond acceptors (Lipinski definition) is 1. The van der Waals surface area contributed by atoms with Crippen molar-refractivity contribution in [3.63, 3.8) is 0 Å². The second-order valence-electron chi connectivity index (χ2n) is 4.22. The predicted molar refractivity (Wildman–Crippen MR) is 62.3 cm³/mol. The van der Waals surface area contributed by atoms with Gasteiger partial charge in [0.25, 0.3) is 0 Å². The minimum absolute atomic E-state index is 0.182. The molecule has 0 aromatic heterocycles. The van der Waals surface area contributed by atoms with Gasteiger partial charge in [0.05, 0.1) is 0 Å². The molecular weight excluding hydrogens is 170 g/mol. The Labute approximate surface area is 87.3 Å². The Balaban J connectivity index is 3.05. The summed E-state index contributed by atoms with van der Waals surface area (Å²) in [4.78, 5) is 0. The van der Waals surface area contributed by atoms with Crippen LogP contribution in [0.2, 0.25) is 0 Å². The fourth-order valence-electron chi connectivity index (χ4n) is 1.89. The molecule has 1 heteroatoms. The van der Waals surface area contributed by atoms with Gasteiger partial charge in [0.2, 0.25) is 0 Å². The third-order valence-electron chi connectivity index (χ3n) is 3.13. The van der Waals surface area contributed by atoms with Gasteiger partial charge in [-0.3, -0.25) is 0 Å². The van der Waals surface area contributed by atoms with E-state index in [0.29, 0.717) is 5.92 Å². The lowest BCUT2D eigenvalue weighted by Gasteiger charge is -2.22. The zero-order chi connectivity index (χ0) is 10.7. The summed E-state index contributed by atoms with van der Waals surface area (Å²) in [6, 6.07) is 6.56. The monoisotopic (exact) mass is 191 g/mol. The molecule has 1 aromatic carbocycles. The van der Waals surface area contributed by atoms with Crippen LogP contribution in [0.1, 0.15) is 43.0 Å². The maximum absolute atomic E-state index is 6.25. The van der Waals surface area contributed by atoms with E-state index in [1.807, 2.05) is 0 Å². The van der Waals surface area contributed by atoms with Crippen molar-refractivity contribution in [1.82, 2.24) is 0 Å². The lowest BCUT2D eigenvalue weighted by Crippen LogP contribution is -2.20. The molecule has 78 valence electrons. The summed E-state index contributed by atoms with van der Waals surface area (Å²) in [5.74, 6) is 0.551. The topological polar surface area (TPSA) is 26.0 Å². The highest BCUT2D eigenvalue weighted by atomic mass is 14.6. The van der Waals surface area contributed by atoms with Crippen molar-refractivity contribution in [3.8, 4) is 0 Å². The van der Waals surface area contributed by atoms with E-state index in [2.05, 4.69) is 45.9 Å². The van der Waals surface area contributed by atoms with Gasteiger partial charge in [-0.25, -0.2) is 0 Å². The molecule has 0 amide bonds. The summed E-state index contributed by atoms with van der Waals surface area (Å²) in [5, 5.41) is 0. The van der Waals surface area contributed by atoms with Gasteiger partial charge in [0, 0.05) is 6.04 Å². The Kier molecular flexibility index (Phi) is 3.70. The third kappa shape index (κ3) is 2.16. The van der Waals surface area contributed by atoms with Crippen LogP contribution in [0.5, 0.6) is 0 Å². The molecule has 0 saturated carbocycles. The molecule has 0 aliphatic rings. The maximum atomic E-state index is 6.25. The highest BCUT2D eigenvalue weighted by molar-refractivity contribution is 5.36. The van der Waals surface area contributed by atoms with E-state index in [9.17, 15) is 0 Å². The average molecular weight is 191 g/mol. The van der Waals surface area contributed by atoms with Gasteiger partial charge in [-0.2, -0.15) is 0 Å². The quantitative estimate of drug-likeness (QED) is 0.779. The number of nitrogens with two attached hydrogens (primary N) is 1. The van der Waals surface area contributed by atoms with Crippen molar-refractivity contribution in [3.05, 3.63) is 34.9 Å². The van der Waals surface area contributed by atoms with E-state index < -0.39 is 0 Å². The molecule has 1 aromatic rings. The van der Waals surface area contributed by atoms with Crippen molar-refractivity contribution in [2.75, 3.05) is 0 Å². The normalized spacial score (nSPS) is 15.2. The van der Waals surface area contributed by atoms with Gasteiger partial charge in [0.1, 0.15) is 0 Å². The van der Waals surface area contributed by atoms with E-state index >= 15 is 0 Å². The van der Waals surface area contributed by atoms with E-state index in [0.717, 1.165) is 6.42 Å². The maximum Gasteiger partial charge on any atom is 0.0326 e. The first-order valence-corrected chi connectivity index (χ1v) is 5.39. The largest absolute Gasteiger partial charge is 0.324 e. The molecule has 0 aliphatic carbocycles. The van der Waals surface area contributed by atoms with Gasteiger partial charge in [-0.05, 0) is 36.5 Å². The smallest absolute Gasteiger partial charge is 0.0326 e. The summed E-state index contributed by atoms with van der Waals surface area (Å²) >= 11 is 0. The van der Waals surface area contributed by atoms with Crippen molar-refractivity contribution < 1.29 is 0 Å². The van der Waals surface area contributed by atoms with Crippen molar-refractivity contribution >= 4 is 0 Å². The third-order valence-corrected chi connectivity index (χ3v) is 3.13. The van der Waals surface area contributed by atoms with Gasteiger partial charge in [-0.15, -0.1) is 0 Å². The van der Waals surface area contributed by atoms with Gasteiger partial charge >= 0.3 is 0 Å². The van der Waals surface area contributed by atoms with Gasteiger partial charge in [0.15, 0.2) is 0 Å². The first-order chi connectivity index (χ1) is 6.57. The molecule has 0 saturated heterocycles. The lowest BCUT2D eigenvalue weighted by molar-refractivity contribution is 0.454. The first kappa shape index (κ1) is 11.3. The molecule has 1 rings (SSSR count). The van der Waals surface area contributed by atoms with E-state index in [1.54, 1.807) is 0 Å². The predicted octanol–water partition coefficient (Wildman–Crippen LogP) is 3.35. The van der Waals surface area contributed by atoms with Crippen LogP contribution >= 0.6 is 0 Å². The van der Waals surface area contributed by atoms with Gasteiger partial charge < -0.3 is 5.73 Å². The van der Waals surface area contributed by atoms with E-state index in [-0.39, 0.29) is 6.04 Å². The number of rotatable bonds is 3. The van der Waals surface area contributed by atoms with Crippen molar-refractivity contribution in [2.24, 2.45) is 11.7 Å². The average Bonchev–Trinajstić information content (AvgIpc) is 2.16. The van der Waals surface area contributed by atoms with Crippen LogP contribution in [0.25, 0.3) is 0 Å². The summed E-state index contributed by atoms with van der Waals surface area (Å²) in [7, 11) is 0. The minimum Gasteiger partial charge on any atom is -0.324 e. The van der Waals surface area contributed by atoms with E-state index in [1.165, 1.54) is 16.7 Å². The molecule has 2 atom stereocenters. The Morgan fingerprint density at radius 1 is 1.21 bits per heavy atom. The summed E-state index contributed by atoms with van der Waals surface area (Å²) in [6.45, 7) is 8.70. The fraction of sp³-hybridized carbons (Fsp3) is 0.538. The number of benzene rings is 1. The number of hydrogen-bond donors (Lipinski definition) is 1. The molecule has 0 heterocycles. The Bertz CT molecular complexity index is 284. The van der Waals surface area contributed by atoms with E-state index in [4.69, 9.17) is 5.73 Å². The molecule has 0 radical (unpaired) electrons. The van der Waals surface area contributed by atoms with Crippen LogP contribution in [0.4, 0.5) is 0 Å². The molecule has 2 N–H and O–H groups in total. The van der Waals surface area contributed by atoms with Crippen molar-refractivity contribution in [2.45, 2.75) is 40.2 Å². The Hall–Kier alpha value is -0.820. The zero-order valence-electron chi connectivity index (χ0n) is 9.67. The van der Waals surface area contributed by atoms with Crippen molar-refractivity contribution in [1.29, 1.82) is 0 Å². The van der Waals surface area contributed by atoms with Crippen LogP contribution in [-0.2, 0) is 0 Å². The van der Waals surface area contributed by atoms with Crippen LogP contribution < -0.4 is 5.73 Å². The Morgan fingerprint density at radius 3 is 2.14 bits per heavy atom. The molecule has 0 bridgehead atoms. The van der Waals surface area contributed by atoms with Crippen LogP contribution in [0, 0.1) is 19.8 Å². The zero-order valence-corrected chi connectivity index (χ0v) is 9.67. The SMILES string of the molecule is CCC(C)[C@H](N)c1c(C)cccc1C. The molecule has 0 fully saturated rings. The second kappa shape index (κ2) is 4.61. The van der Waals surface area contributed by atoms with Crippen LogP contribution in [0.3, 0.4) is 0 Å². The summed E-state index contributed by atoms with van der Waals surface area (Å²) in [5.41, 5.74) is 10.2. The second-order valence-corrected chi connectivity index (χ2v) is 4.22. The first-order valence-electron chi connectivity index (χ1n) is 5.39. The standard InChI is InChI=1S/C13H21N/c1-5-9(2)13(14)12-10(3)7-6-8-11(12)4/h6-9,13H,5,14H2,1-4H3/t9?,13-/m0/s1. The summed E-state index contributed by atoms with van der Waals surface area (Å²) in [6.07, 6.45) is 1.13. The molecule has 14 heavy (non-hydrogen) atoms. The van der Waals surface area contributed by atoms with Gasteiger partial charge in [-0.1, -0.05) is 38.5 Å². The molecule has 1 nitrogen and oxygen atoms in total. The molecule has 0 aliphatic heterocycles. The molecule has 1 unspecified atom stereocenters. The summed E-state index contributed by atoms with van der Waals surface area (Å²) < 4.78 is 0. The number of aryl methyl sites for hydroxylation is 2. The minimum atomic E-state index is 0.182. The molecule has 0 spiro atoms. The molecular formula is C13H21N. The highest BCUT2D eigenvalue weighted by Gasteiger charge is 2.16. The van der Waals surface area contributed by atoms with Crippen LogP contribution in [-0.4, -0.2) is 0 Å². The lowest BCUT2D eigenvalue weighted by atomic mass is 9.88. The highest BCUT2D eigenvalue weighted by Crippen LogP contribution is 2.27. The fourth-order valence-corrected chi connectivity index (χ4v) is 1.89. The Morgan fingerprint density at radius 2 is 1.71 bits per heavy atom.